The lowest BCUT2D eigenvalue weighted by Crippen LogP contribution is -2.41. The number of aryl methyl sites for hydroxylation is 1. The Morgan fingerprint density at radius 3 is 2.79 bits per heavy atom. The fraction of sp³-hybridized carbons (Fsp3) is 0.571. The van der Waals surface area contributed by atoms with E-state index >= 15 is 0 Å². The van der Waals surface area contributed by atoms with Gasteiger partial charge in [-0.15, -0.1) is 0 Å². The van der Waals surface area contributed by atoms with Crippen molar-refractivity contribution in [3.05, 3.63) is 41.2 Å². The van der Waals surface area contributed by atoms with Crippen LogP contribution in [0.15, 0.2) is 18.5 Å². The molecule has 29 heavy (non-hydrogen) atoms. The van der Waals surface area contributed by atoms with Crippen LogP contribution in [0.25, 0.3) is 0 Å². The molecule has 0 N–H and O–H groups in total. The zero-order valence-corrected chi connectivity index (χ0v) is 17.3. The molecule has 1 fully saturated rings. The number of piperidine rings is 1. The number of nitrogens with zero attached hydrogens (tertiary/aromatic N) is 6. The molecule has 2 aliphatic heterocycles. The molecule has 0 aromatic carbocycles. The van der Waals surface area contributed by atoms with Crippen LogP contribution < -0.4 is 0 Å². The van der Waals surface area contributed by atoms with Crippen LogP contribution >= 0.6 is 0 Å². The van der Waals surface area contributed by atoms with Crippen molar-refractivity contribution < 1.29 is 9.59 Å². The molecule has 4 heterocycles. The van der Waals surface area contributed by atoms with E-state index in [0.29, 0.717) is 19.5 Å². The summed E-state index contributed by atoms with van der Waals surface area (Å²) >= 11 is 0. The molecule has 0 spiro atoms. The second-order valence-corrected chi connectivity index (χ2v) is 8.03. The van der Waals surface area contributed by atoms with Crippen molar-refractivity contribution in [1.29, 1.82) is 0 Å². The van der Waals surface area contributed by atoms with Gasteiger partial charge in [-0.2, -0.15) is 5.10 Å². The molecule has 8 heteroatoms. The van der Waals surface area contributed by atoms with E-state index in [4.69, 9.17) is 4.98 Å². The maximum atomic E-state index is 13.0. The number of likely N-dealkylation sites (tertiary alicyclic amines) is 1. The first kappa shape index (κ1) is 19.5. The van der Waals surface area contributed by atoms with Crippen molar-refractivity contribution in [3.8, 4) is 0 Å². The Balaban J connectivity index is 1.50. The molecule has 0 unspecified atom stereocenters. The fourth-order valence-corrected chi connectivity index (χ4v) is 4.41. The van der Waals surface area contributed by atoms with Crippen LogP contribution in [0.4, 0.5) is 0 Å². The fourth-order valence-electron chi connectivity index (χ4n) is 4.41. The molecule has 0 saturated carbocycles. The average Bonchev–Trinajstić information content (AvgIpc) is 3.17. The van der Waals surface area contributed by atoms with Crippen LogP contribution in [0.2, 0.25) is 0 Å². The van der Waals surface area contributed by atoms with E-state index in [1.54, 1.807) is 17.8 Å². The van der Waals surface area contributed by atoms with Crippen molar-refractivity contribution in [2.24, 2.45) is 0 Å². The minimum absolute atomic E-state index is 0.0333. The highest BCUT2D eigenvalue weighted by Gasteiger charge is 2.31. The number of rotatable bonds is 3. The van der Waals surface area contributed by atoms with Gasteiger partial charge in [0.25, 0.3) is 0 Å². The lowest BCUT2D eigenvalue weighted by Gasteiger charge is -2.35. The molecule has 4 rings (SSSR count). The first-order valence-electron chi connectivity index (χ1n) is 10.4. The van der Waals surface area contributed by atoms with Gasteiger partial charge in [-0.1, -0.05) is 0 Å². The van der Waals surface area contributed by atoms with Gasteiger partial charge < -0.3 is 9.80 Å². The molecule has 2 amide bonds. The lowest BCUT2D eigenvalue weighted by atomic mass is 10.00. The summed E-state index contributed by atoms with van der Waals surface area (Å²) in [7, 11) is 0. The maximum Gasteiger partial charge on any atom is 0.247 e. The van der Waals surface area contributed by atoms with Crippen LogP contribution in [0.1, 0.15) is 68.0 Å². The minimum atomic E-state index is -0.335. The Morgan fingerprint density at radius 2 is 2.07 bits per heavy atom. The van der Waals surface area contributed by atoms with Crippen LogP contribution in [0, 0.1) is 6.92 Å². The van der Waals surface area contributed by atoms with E-state index in [1.807, 2.05) is 35.9 Å². The highest BCUT2D eigenvalue weighted by molar-refractivity contribution is 5.80. The van der Waals surface area contributed by atoms with Crippen molar-refractivity contribution >= 4 is 11.8 Å². The summed E-state index contributed by atoms with van der Waals surface area (Å²) in [5.74, 6) is 0.871. The monoisotopic (exact) mass is 396 g/mol. The van der Waals surface area contributed by atoms with E-state index in [2.05, 4.69) is 10.1 Å². The van der Waals surface area contributed by atoms with Gasteiger partial charge in [-0.05, 0) is 39.2 Å². The van der Waals surface area contributed by atoms with Crippen LogP contribution in [-0.4, -0.2) is 54.5 Å². The van der Waals surface area contributed by atoms with E-state index in [9.17, 15) is 9.59 Å². The second kappa shape index (κ2) is 7.93. The average molecular weight is 396 g/mol. The van der Waals surface area contributed by atoms with Gasteiger partial charge in [0.2, 0.25) is 11.8 Å². The van der Waals surface area contributed by atoms with Crippen LogP contribution in [-0.2, 0) is 22.6 Å². The molecular weight excluding hydrogens is 368 g/mol. The Labute approximate surface area is 170 Å². The number of carbonyl (C=O) groups excluding carboxylic acids is 2. The van der Waals surface area contributed by atoms with Gasteiger partial charge in [-0.3, -0.25) is 14.3 Å². The van der Waals surface area contributed by atoms with Crippen molar-refractivity contribution in [2.75, 3.05) is 13.1 Å². The topological polar surface area (TPSA) is 84.2 Å². The number of amides is 2. The Kier molecular flexibility index (Phi) is 5.34. The molecule has 2 aromatic heterocycles. The van der Waals surface area contributed by atoms with Crippen LogP contribution in [0.5, 0.6) is 0 Å². The number of aromatic nitrogens is 4. The maximum absolute atomic E-state index is 13.0. The summed E-state index contributed by atoms with van der Waals surface area (Å²) in [6, 6.07) is 1.53. The SMILES string of the molecule is CC(=O)N1CCCC[C@@H]1c1ncc2c(n1)CCN(C(=O)[C@H](C)n1nccc1C)C2. The predicted molar refractivity (Wildman–Crippen MR) is 107 cm³/mol. The van der Waals surface area contributed by atoms with Crippen molar-refractivity contribution in [2.45, 2.75) is 65.1 Å². The van der Waals surface area contributed by atoms with E-state index in [0.717, 1.165) is 48.6 Å². The third-order valence-corrected chi connectivity index (χ3v) is 6.06. The Bertz CT molecular complexity index is 924. The molecule has 1 saturated heterocycles. The summed E-state index contributed by atoms with van der Waals surface area (Å²) in [6.07, 6.45) is 7.29. The Morgan fingerprint density at radius 1 is 1.24 bits per heavy atom. The molecule has 0 radical (unpaired) electrons. The quantitative estimate of drug-likeness (QED) is 0.794. The zero-order chi connectivity index (χ0) is 20.5. The van der Waals surface area contributed by atoms with Crippen molar-refractivity contribution in [3.63, 3.8) is 0 Å². The first-order valence-corrected chi connectivity index (χ1v) is 10.4. The van der Waals surface area contributed by atoms with Gasteiger partial charge in [0.15, 0.2) is 5.82 Å². The number of hydrogen-bond acceptors (Lipinski definition) is 5. The number of fused-ring (bicyclic) bond motifs is 1. The third kappa shape index (κ3) is 3.75. The molecule has 2 atom stereocenters. The van der Waals surface area contributed by atoms with Crippen molar-refractivity contribution in [1.82, 2.24) is 29.5 Å². The smallest absolute Gasteiger partial charge is 0.247 e. The highest BCUT2D eigenvalue weighted by atomic mass is 16.2. The first-order chi connectivity index (χ1) is 14.0. The third-order valence-electron chi connectivity index (χ3n) is 6.06. The second-order valence-electron chi connectivity index (χ2n) is 8.03. The summed E-state index contributed by atoms with van der Waals surface area (Å²) in [5.41, 5.74) is 2.96. The molecule has 8 nitrogen and oxygen atoms in total. The van der Waals surface area contributed by atoms with Gasteiger partial charge in [0.05, 0.1) is 11.7 Å². The minimum Gasteiger partial charge on any atom is -0.336 e. The zero-order valence-electron chi connectivity index (χ0n) is 17.3. The van der Waals surface area contributed by atoms with Gasteiger partial charge in [0, 0.05) is 56.6 Å². The highest BCUT2D eigenvalue weighted by Crippen LogP contribution is 2.30. The molecule has 0 bridgehead atoms. The molecule has 0 aliphatic carbocycles. The van der Waals surface area contributed by atoms with Gasteiger partial charge >= 0.3 is 0 Å². The summed E-state index contributed by atoms with van der Waals surface area (Å²) in [6.45, 7) is 7.37. The predicted octanol–water partition coefficient (Wildman–Crippen LogP) is 2.20. The Hall–Kier alpha value is -2.77. The molecule has 154 valence electrons. The number of carbonyl (C=O) groups is 2. The molecule has 2 aromatic rings. The largest absolute Gasteiger partial charge is 0.336 e. The van der Waals surface area contributed by atoms with Gasteiger partial charge in [-0.25, -0.2) is 9.97 Å². The van der Waals surface area contributed by atoms with E-state index in [1.165, 1.54) is 0 Å². The summed E-state index contributed by atoms with van der Waals surface area (Å²) in [5, 5.41) is 4.27. The number of hydrogen-bond donors (Lipinski definition) is 0. The summed E-state index contributed by atoms with van der Waals surface area (Å²) < 4.78 is 1.76. The van der Waals surface area contributed by atoms with Crippen LogP contribution in [0.3, 0.4) is 0 Å². The normalized spacial score (nSPS) is 20.3. The van der Waals surface area contributed by atoms with E-state index in [-0.39, 0.29) is 23.9 Å². The molecular formula is C21H28N6O2. The lowest BCUT2D eigenvalue weighted by molar-refractivity contribution is -0.135. The van der Waals surface area contributed by atoms with Gasteiger partial charge in [0.1, 0.15) is 6.04 Å². The summed E-state index contributed by atoms with van der Waals surface area (Å²) in [4.78, 5) is 38.1. The van der Waals surface area contributed by atoms with E-state index < -0.39 is 0 Å². The molecule has 2 aliphatic rings. The standard InChI is InChI=1S/C21H28N6O2/c1-14-7-9-23-27(14)15(2)21(29)25-11-8-18-17(13-25)12-22-20(24-18)19-6-4-5-10-26(19)16(3)28/h7,9,12,15,19H,4-6,8,10-11,13H2,1-3H3/t15-,19+/m0/s1.